The minimum atomic E-state index is 0.481. The van der Waals surface area contributed by atoms with Gasteiger partial charge in [-0.2, -0.15) is 0 Å². The molecule has 27 heavy (non-hydrogen) atoms. The molecule has 0 aliphatic carbocycles. The summed E-state index contributed by atoms with van der Waals surface area (Å²) >= 11 is 3.13. The van der Waals surface area contributed by atoms with E-state index in [0.29, 0.717) is 13.2 Å². The van der Waals surface area contributed by atoms with Crippen molar-refractivity contribution in [3.05, 3.63) is 45.4 Å². The molecule has 140 valence electrons. The Morgan fingerprint density at radius 2 is 2.07 bits per heavy atom. The van der Waals surface area contributed by atoms with Crippen LogP contribution in [0.3, 0.4) is 0 Å². The van der Waals surface area contributed by atoms with E-state index in [4.69, 9.17) is 4.74 Å². The molecule has 0 saturated carbocycles. The van der Waals surface area contributed by atoms with Crippen molar-refractivity contribution < 1.29 is 4.74 Å². The maximum absolute atomic E-state index is 5.80. The predicted molar refractivity (Wildman–Crippen MR) is 109 cm³/mol. The summed E-state index contributed by atoms with van der Waals surface area (Å²) in [5, 5.41) is 12.2. The van der Waals surface area contributed by atoms with Crippen molar-refractivity contribution in [2.75, 3.05) is 18.4 Å². The fraction of sp³-hybridized carbons (Fsp3) is 0.333. The van der Waals surface area contributed by atoms with Crippen molar-refractivity contribution in [1.29, 1.82) is 0 Å². The van der Waals surface area contributed by atoms with Crippen molar-refractivity contribution in [3.8, 4) is 11.4 Å². The quantitative estimate of drug-likeness (QED) is 0.659. The van der Waals surface area contributed by atoms with Crippen LogP contribution < -0.4 is 10.6 Å². The lowest BCUT2D eigenvalue weighted by molar-refractivity contribution is 0.106. The smallest absolute Gasteiger partial charge is 0.197 e. The van der Waals surface area contributed by atoms with Crippen LogP contribution in [0.1, 0.15) is 22.7 Å². The molecule has 3 aromatic heterocycles. The first-order valence-corrected chi connectivity index (χ1v) is 10.5. The molecule has 1 aliphatic rings. The summed E-state index contributed by atoms with van der Waals surface area (Å²) in [5.74, 6) is 0.792. The molecule has 4 rings (SSSR count). The lowest BCUT2D eigenvalue weighted by Crippen LogP contribution is -2.35. The summed E-state index contributed by atoms with van der Waals surface area (Å²) in [6.07, 6.45) is 2.86. The third kappa shape index (κ3) is 4.68. The van der Waals surface area contributed by atoms with Gasteiger partial charge in [-0.05, 0) is 25.0 Å². The van der Waals surface area contributed by atoms with Crippen LogP contribution >= 0.6 is 22.7 Å². The van der Waals surface area contributed by atoms with E-state index < -0.39 is 0 Å². The molecule has 0 spiro atoms. The Kier molecular flexibility index (Phi) is 5.71. The van der Waals surface area contributed by atoms with E-state index >= 15 is 0 Å². The molecule has 0 radical (unpaired) electrons. The van der Waals surface area contributed by atoms with Crippen LogP contribution in [0, 0.1) is 6.92 Å². The maximum atomic E-state index is 5.80. The topological polar surface area (TPSA) is 84.3 Å². The van der Waals surface area contributed by atoms with E-state index in [1.807, 2.05) is 29.8 Å². The first kappa shape index (κ1) is 18.0. The SMILES string of the molecule is Cc1ncccc1COCc1nc(-c2csc(NC3=NCCCN3)n2)cs1. The van der Waals surface area contributed by atoms with E-state index in [1.165, 1.54) is 0 Å². The van der Waals surface area contributed by atoms with Gasteiger partial charge in [0.2, 0.25) is 0 Å². The van der Waals surface area contributed by atoms with Gasteiger partial charge in [0, 0.05) is 35.7 Å². The number of aliphatic imine (C=N–C) groups is 1. The van der Waals surface area contributed by atoms with Crippen LogP contribution in [0.25, 0.3) is 11.4 Å². The summed E-state index contributed by atoms with van der Waals surface area (Å²) < 4.78 is 5.80. The van der Waals surface area contributed by atoms with Gasteiger partial charge in [-0.3, -0.25) is 9.98 Å². The predicted octanol–water partition coefficient (Wildman–Crippen LogP) is 3.45. The van der Waals surface area contributed by atoms with Crippen LogP contribution in [0.5, 0.6) is 0 Å². The fourth-order valence-electron chi connectivity index (χ4n) is 2.58. The van der Waals surface area contributed by atoms with Crippen LogP contribution in [-0.2, 0) is 18.0 Å². The van der Waals surface area contributed by atoms with E-state index in [2.05, 4.69) is 30.6 Å². The standard InChI is InChI=1S/C18H20N6OS2/c1-12-13(4-2-5-19-12)8-25-9-16-22-14(10-26-16)15-11-27-18(23-15)24-17-20-6-3-7-21-17/h2,4-5,10-11H,3,6-9H2,1H3,(H2,20,21,23,24). The van der Waals surface area contributed by atoms with Crippen LogP contribution in [-0.4, -0.2) is 34.0 Å². The van der Waals surface area contributed by atoms with Gasteiger partial charge in [0.05, 0.1) is 13.2 Å². The number of aromatic nitrogens is 3. The Morgan fingerprint density at radius 3 is 2.93 bits per heavy atom. The highest BCUT2D eigenvalue weighted by molar-refractivity contribution is 7.14. The van der Waals surface area contributed by atoms with Crippen LogP contribution in [0.4, 0.5) is 5.13 Å². The van der Waals surface area contributed by atoms with Crippen LogP contribution in [0.2, 0.25) is 0 Å². The molecule has 9 heteroatoms. The van der Waals surface area contributed by atoms with Gasteiger partial charge in [0.25, 0.3) is 0 Å². The third-order valence-electron chi connectivity index (χ3n) is 4.04. The van der Waals surface area contributed by atoms with Crippen molar-refractivity contribution in [2.24, 2.45) is 4.99 Å². The zero-order chi connectivity index (χ0) is 18.5. The summed E-state index contributed by atoms with van der Waals surface area (Å²) in [6, 6.07) is 3.96. The van der Waals surface area contributed by atoms with Gasteiger partial charge in [-0.15, -0.1) is 22.7 Å². The normalized spacial score (nSPS) is 13.9. The Hall–Kier alpha value is -2.36. The van der Waals surface area contributed by atoms with E-state index in [1.54, 1.807) is 28.9 Å². The number of nitrogens with zero attached hydrogens (tertiary/aromatic N) is 4. The van der Waals surface area contributed by atoms with E-state index in [0.717, 1.165) is 58.3 Å². The highest BCUT2D eigenvalue weighted by Gasteiger charge is 2.11. The number of guanidine groups is 1. The van der Waals surface area contributed by atoms with Gasteiger partial charge in [-0.25, -0.2) is 9.97 Å². The average Bonchev–Trinajstić information content (AvgIpc) is 3.34. The highest BCUT2D eigenvalue weighted by Crippen LogP contribution is 2.26. The van der Waals surface area contributed by atoms with Gasteiger partial charge in [0.1, 0.15) is 16.4 Å². The Morgan fingerprint density at radius 1 is 1.19 bits per heavy atom. The molecule has 0 fully saturated rings. The Balaban J connectivity index is 1.34. The van der Waals surface area contributed by atoms with E-state index in [9.17, 15) is 0 Å². The monoisotopic (exact) mass is 400 g/mol. The highest BCUT2D eigenvalue weighted by atomic mass is 32.1. The molecule has 0 bridgehead atoms. The minimum Gasteiger partial charge on any atom is -0.370 e. The number of pyridine rings is 1. The summed E-state index contributed by atoms with van der Waals surface area (Å²) in [7, 11) is 0. The molecule has 0 atom stereocenters. The zero-order valence-corrected chi connectivity index (χ0v) is 16.6. The number of ether oxygens (including phenoxy) is 1. The zero-order valence-electron chi connectivity index (χ0n) is 14.9. The second-order valence-electron chi connectivity index (χ2n) is 6.04. The van der Waals surface area contributed by atoms with Crippen molar-refractivity contribution >= 4 is 33.8 Å². The molecule has 0 aromatic carbocycles. The number of thiazole rings is 2. The molecule has 3 aromatic rings. The van der Waals surface area contributed by atoms with Gasteiger partial charge in [0.15, 0.2) is 11.1 Å². The van der Waals surface area contributed by atoms with Gasteiger partial charge in [-0.1, -0.05) is 6.07 Å². The number of aryl methyl sites for hydroxylation is 1. The Labute approximate surface area is 165 Å². The second kappa shape index (κ2) is 8.55. The fourth-order valence-corrected chi connectivity index (χ4v) is 4.01. The molecule has 4 heterocycles. The number of hydrogen-bond acceptors (Lipinski definition) is 9. The summed E-state index contributed by atoms with van der Waals surface area (Å²) in [6.45, 7) is 4.80. The number of rotatable bonds is 6. The van der Waals surface area contributed by atoms with Crippen molar-refractivity contribution in [2.45, 2.75) is 26.6 Å². The molecule has 0 saturated heterocycles. The molecule has 7 nitrogen and oxygen atoms in total. The minimum absolute atomic E-state index is 0.481. The molecular formula is C18H20N6OS2. The molecule has 1 aliphatic heterocycles. The maximum Gasteiger partial charge on any atom is 0.197 e. The Bertz CT molecular complexity index is 935. The van der Waals surface area contributed by atoms with Crippen molar-refractivity contribution in [1.82, 2.24) is 20.3 Å². The number of hydrogen-bond donors (Lipinski definition) is 2. The lowest BCUT2D eigenvalue weighted by atomic mass is 10.2. The summed E-state index contributed by atoms with van der Waals surface area (Å²) in [5.41, 5.74) is 3.84. The third-order valence-corrected chi connectivity index (χ3v) is 5.62. The first-order chi connectivity index (χ1) is 13.3. The molecule has 2 N–H and O–H groups in total. The first-order valence-electron chi connectivity index (χ1n) is 8.72. The second-order valence-corrected chi connectivity index (χ2v) is 7.84. The lowest BCUT2D eigenvalue weighted by Gasteiger charge is -2.13. The summed E-state index contributed by atoms with van der Waals surface area (Å²) in [4.78, 5) is 17.9. The molecule has 0 unspecified atom stereocenters. The van der Waals surface area contributed by atoms with Gasteiger partial charge < -0.3 is 15.4 Å². The molecule has 0 amide bonds. The number of anilines is 1. The average molecular weight is 401 g/mol. The van der Waals surface area contributed by atoms with Crippen molar-refractivity contribution in [3.63, 3.8) is 0 Å². The molecular weight excluding hydrogens is 380 g/mol. The van der Waals surface area contributed by atoms with E-state index in [-0.39, 0.29) is 0 Å². The largest absolute Gasteiger partial charge is 0.370 e. The van der Waals surface area contributed by atoms with Gasteiger partial charge >= 0.3 is 0 Å². The number of nitrogens with one attached hydrogen (secondary N) is 2. The van der Waals surface area contributed by atoms with Crippen LogP contribution in [0.15, 0.2) is 34.1 Å².